The van der Waals surface area contributed by atoms with E-state index in [4.69, 9.17) is 27.9 Å². The lowest BCUT2D eigenvalue weighted by Crippen LogP contribution is -2.31. The minimum absolute atomic E-state index is 0.0628. The highest BCUT2D eigenvalue weighted by Gasteiger charge is 2.17. The zero-order valence-corrected chi connectivity index (χ0v) is 18.3. The van der Waals surface area contributed by atoms with Crippen molar-refractivity contribution in [2.45, 2.75) is 38.5 Å². The second kappa shape index (κ2) is 11.2. The lowest BCUT2D eigenvalue weighted by Gasteiger charge is -2.20. The number of ether oxygens (including phenoxy) is 1. The van der Waals surface area contributed by atoms with E-state index in [0.717, 1.165) is 25.9 Å². The van der Waals surface area contributed by atoms with Gasteiger partial charge in [0, 0.05) is 35.8 Å². The first-order valence-electron chi connectivity index (χ1n) is 10.3. The summed E-state index contributed by atoms with van der Waals surface area (Å²) in [6.45, 7) is 2.01. The van der Waals surface area contributed by atoms with Crippen LogP contribution in [-0.4, -0.2) is 36.4 Å². The molecule has 0 unspecified atom stereocenters. The van der Waals surface area contributed by atoms with E-state index in [1.807, 2.05) is 4.90 Å². The maximum atomic E-state index is 12.6. The van der Waals surface area contributed by atoms with Crippen LogP contribution >= 0.6 is 23.2 Å². The normalized spacial score (nSPS) is 14.1. The van der Waals surface area contributed by atoms with Gasteiger partial charge in [-0.1, -0.05) is 36.0 Å². The highest BCUT2D eigenvalue weighted by atomic mass is 35.5. The topological polar surface area (TPSA) is 58.6 Å². The average Bonchev–Trinajstić information content (AvgIpc) is 3.02. The van der Waals surface area contributed by atoms with Gasteiger partial charge in [0.15, 0.2) is 0 Å². The van der Waals surface area contributed by atoms with Crippen molar-refractivity contribution < 1.29 is 14.3 Å². The zero-order valence-electron chi connectivity index (χ0n) is 16.8. The van der Waals surface area contributed by atoms with Gasteiger partial charge in [-0.25, -0.2) is 0 Å². The first-order valence-corrected chi connectivity index (χ1v) is 11.1. The molecule has 160 valence electrons. The molecule has 1 heterocycles. The van der Waals surface area contributed by atoms with Crippen LogP contribution in [-0.2, 0) is 4.79 Å². The molecular weight excluding hydrogens is 423 g/mol. The van der Waals surface area contributed by atoms with Gasteiger partial charge in [0.05, 0.1) is 11.6 Å². The minimum atomic E-state index is -0.104. The summed E-state index contributed by atoms with van der Waals surface area (Å²) in [4.78, 5) is 26.7. The monoisotopic (exact) mass is 448 g/mol. The van der Waals surface area contributed by atoms with Gasteiger partial charge in [0.1, 0.15) is 5.75 Å². The molecule has 2 amide bonds. The number of carbonyl (C=O) groups excluding carboxylic acids is 2. The number of anilines is 1. The quantitative estimate of drug-likeness (QED) is 0.543. The summed E-state index contributed by atoms with van der Waals surface area (Å²) in [5, 5.41) is 3.85. The highest BCUT2D eigenvalue weighted by Crippen LogP contribution is 2.27. The molecule has 1 aliphatic heterocycles. The number of benzene rings is 2. The zero-order chi connectivity index (χ0) is 21.3. The number of likely N-dealkylation sites (tertiary alicyclic amines) is 1. The molecule has 1 saturated heterocycles. The van der Waals surface area contributed by atoms with Gasteiger partial charge in [0.25, 0.3) is 5.91 Å². The molecule has 3 rings (SSSR count). The molecule has 0 atom stereocenters. The third-order valence-electron chi connectivity index (χ3n) is 5.01. The number of rotatable bonds is 7. The molecule has 1 aliphatic rings. The van der Waals surface area contributed by atoms with Crippen LogP contribution in [0.25, 0.3) is 0 Å². The Bertz CT molecular complexity index is 863. The average molecular weight is 449 g/mol. The van der Waals surface area contributed by atoms with Crippen molar-refractivity contribution in [2.75, 3.05) is 25.0 Å². The van der Waals surface area contributed by atoms with E-state index in [-0.39, 0.29) is 11.8 Å². The molecule has 5 nitrogen and oxygen atoms in total. The van der Waals surface area contributed by atoms with E-state index in [1.54, 1.807) is 42.5 Å². The second-order valence-electron chi connectivity index (χ2n) is 7.36. The Morgan fingerprint density at radius 1 is 0.967 bits per heavy atom. The summed E-state index contributed by atoms with van der Waals surface area (Å²) in [7, 11) is 0. The predicted molar refractivity (Wildman–Crippen MR) is 121 cm³/mol. The first-order chi connectivity index (χ1) is 14.5. The van der Waals surface area contributed by atoms with Crippen LogP contribution in [0.3, 0.4) is 0 Å². The van der Waals surface area contributed by atoms with E-state index < -0.39 is 0 Å². The molecular formula is C23H26Cl2N2O3. The van der Waals surface area contributed by atoms with Crippen LogP contribution in [0.1, 0.15) is 48.9 Å². The van der Waals surface area contributed by atoms with Crippen molar-refractivity contribution >= 4 is 40.7 Å². The minimum Gasteiger partial charge on any atom is -0.492 e. The molecule has 0 spiro atoms. The van der Waals surface area contributed by atoms with Gasteiger partial charge in [-0.2, -0.15) is 0 Å². The Morgan fingerprint density at radius 2 is 1.67 bits per heavy atom. The summed E-state index contributed by atoms with van der Waals surface area (Å²) in [6.07, 6.45) is 5.37. The molecule has 30 heavy (non-hydrogen) atoms. The van der Waals surface area contributed by atoms with E-state index in [1.165, 1.54) is 12.8 Å². The number of hydrogen-bond donors (Lipinski definition) is 1. The third kappa shape index (κ3) is 6.64. The molecule has 0 saturated carbocycles. The van der Waals surface area contributed by atoms with Crippen molar-refractivity contribution in [3.63, 3.8) is 0 Å². The number of nitrogens with zero attached hydrogens (tertiary/aromatic N) is 1. The van der Waals surface area contributed by atoms with Gasteiger partial charge in [-0.05, 0) is 61.7 Å². The SMILES string of the molecule is O=C(CCCOc1ccc(Cl)cc1Cl)Nc1ccc(C(=O)N2CCCCCC2)cc1. The number of nitrogens with one attached hydrogen (secondary N) is 1. The fourth-order valence-corrected chi connectivity index (χ4v) is 3.85. The van der Waals surface area contributed by atoms with E-state index >= 15 is 0 Å². The first kappa shape index (κ1) is 22.4. The van der Waals surface area contributed by atoms with Crippen molar-refractivity contribution in [3.8, 4) is 5.75 Å². The van der Waals surface area contributed by atoms with Crippen LogP contribution in [0.4, 0.5) is 5.69 Å². The Morgan fingerprint density at radius 3 is 2.33 bits per heavy atom. The lowest BCUT2D eigenvalue weighted by atomic mass is 10.1. The number of carbonyl (C=O) groups is 2. The Labute approximate surface area is 187 Å². The predicted octanol–water partition coefficient (Wildman–Crippen LogP) is 5.81. The van der Waals surface area contributed by atoms with Gasteiger partial charge in [0.2, 0.25) is 5.91 Å². The van der Waals surface area contributed by atoms with Crippen LogP contribution in [0.2, 0.25) is 10.0 Å². The fraction of sp³-hybridized carbons (Fsp3) is 0.391. The standard InChI is InChI=1S/C23H26Cl2N2O3/c24-18-9-12-21(20(25)16-18)30-15-5-6-22(28)26-19-10-7-17(8-11-19)23(29)27-13-3-1-2-4-14-27/h7-12,16H,1-6,13-15H2,(H,26,28). The van der Waals surface area contributed by atoms with Gasteiger partial charge in [-0.3, -0.25) is 9.59 Å². The van der Waals surface area contributed by atoms with Gasteiger partial charge >= 0.3 is 0 Å². The lowest BCUT2D eigenvalue weighted by molar-refractivity contribution is -0.116. The molecule has 1 N–H and O–H groups in total. The maximum Gasteiger partial charge on any atom is 0.253 e. The summed E-state index contributed by atoms with van der Waals surface area (Å²) < 4.78 is 5.59. The highest BCUT2D eigenvalue weighted by molar-refractivity contribution is 6.35. The molecule has 0 bridgehead atoms. The number of amides is 2. The van der Waals surface area contributed by atoms with E-state index in [0.29, 0.717) is 46.5 Å². The van der Waals surface area contributed by atoms with Crippen molar-refractivity contribution in [2.24, 2.45) is 0 Å². The van der Waals surface area contributed by atoms with Gasteiger partial charge in [-0.15, -0.1) is 0 Å². The van der Waals surface area contributed by atoms with Crippen molar-refractivity contribution in [3.05, 3.63) is 58.1 Å². The summed E-state index contributed by atoms with van der Waals surface area (Å²) >= 11 is 11.9. The summed E-state index contributed by atoms with van der Waals surface area (Å²) in [5.74, 6) is 0.506. The van der Waals surface area contributed by atoms with Crippen LogP contribution in [0.15, 0.2) is 42.5 Å². The van der Waals surface area contributed by atoms with Crippen LogP contribution in [0, 0.1) is 0 Å². The van der Waals surface area contributed by atoms with Crippen molar-refractivity contribution in [1.82, 2.24) is 4.90 Å². The Balaban J connectivity index is 1.42. The van der Waals surface area contributed by atoms with Crippen LogP contribution < -0.4 is 10.1 Å². The largest absolute Gasteiger partial charge is 0.492 e. The van der Waals surface area contributed by atoms with Crippen molar-refractivity contribution in [1.29, 1.82) is 0 Å². The smallest absolute Gasteiger partial charge is 0.253 e. The number of hydrogen-bond acceptors (Lipinski definition) is 3. The molecule has 0 aromatic heterocycles. The molecule has 1 fully saturated rings. The van der Waals surface area contributed by atoms with Gasteiger partial charge < -0.3 is 15.0 Å². The molecule has 0 aliphatic carbocycles. The number of halogens is 2. The fourth-order valence-electron chi connectivity index (χ4n) is 3.38. The molecule has 2 aromatic carbocycles. The summed E-state index contributed by atoms with van der Waals surface area (Å²) in [5.41, 5.74) is 1.33. The summed E-state index contributed by atoms with van der Waals surface area (Å²) in [6, 6.07) is 12.1. The molecule has 7 heteroatoms. The Kier molecular flexibility index (Phi) is 8.40. The van der Waals surface area contributed by atoms with Crippen LogP contribution in [0.5, 0.6) is 5.75 Å². The Hall–Kier alpha value is -2.24. The molecule has 0 radical (unpaired) electrons. The van der Waals surface area contributed by atoms with E-state index in [9.17, 15) is 9.59 Å². The second-order valence-corrected chi connectivity index (χ2v) is 8.20. The maximum absolute atomic E-state index is 12.6. The molecule has 2 aromatic rings. The van der Waals surface area contributed by atoms with E-state index in [2.05, 4.69) is 5.32 Å². The third-order valence-corrected chi connectivity index (χ3v) is 5.54.